The summed E-state index contributed by atoms with van der Waals surface area (Å²) in [6.45, 7) is 2.97. The number of methoxy groups -OCH3 is 1. The lowest BCUT2D eigenvalue weighted by molar-refractivity contribution is 0.112. The summed E-state index contributed by atoms with van der Waals surface area (Å²) >= 11 is 0. The first kappa shape index (κ1) is 21.5. The highest BCUT2D eigenvalue weighted by Gasteiger charge is 2.05. The Morgan fingerprint density at radius 3 is 1.88 bits per heavy atom. The molecule has 0 aromatic heterocycles. The fourth-order valence-corrected chi connectivity index (χ4v) is 3.00. The van der Waals surface area contributed by atoms with Gasteiger partial charge >= 0.3 is 0 Å². The Morgan fingerprint density at radius 1 is 0.800 bits per heavy atom. The Labute approximate surface area is 154 Å². The van der Waals surface area contributed by atoms with Gasteiger partial charge in [0.2, 0.25) is 0 Å². The molecule has 0 aliphatic heterocycles. The van der Waals surface area contributed by atoms with Gasteiger partial charge in [0.05, 0.1) is 13.7 Å². The fraction of sp³-hybridized carbons (Fsp3) is 0.682. The van der Waals surface area contributed by atoms with E-state index in [4.69, 9.17) is 9.47 Å². The first-order valence-electron chi connectivity index (χ1n) is 10.1. The van der Waals surface area contributed by atoms with Gasteiger partial charge in [-0.1, -0.05) is 77.6 Å². The van der Waals surface area contributed by atoms with Crippen LogP contribution >= 0.6 is 0 Å². The van der Waals surface area contributed by atoms with E-state index in [0.29, 0.717) is 17.9 Å². The lowest BCUT2D eigenvalue weighted by Gasteiger charge is -2.11. The van der Waals surface area contributed by atoms with Crippen LogP contribution in [0.25, 0.3) is 0 Å². The van der Waals surface area contributed by atoms with E-state index in [1.165, 1.54) is 70.6 Å². The van der Waals surface area contributed by atoms with Crippen molar-refractivity contribution < 1.29 is 14.3 Å². The lowest BCUT2D eigenvalue weighted by atomic mass is 10.1. The largest absolute Gasteiger partial charge is 0.493 e. The molecule has 3 nitrogen and oxygen atoms in total. The molecule has 0 saturated heterocycles. The summed E-state index contributed by atoms with van der Waals surface area (Å²) in [6.07, 6.45) is 16.9. The molecule has 0 radical (unpaired) electrons. The first-order chi connectivity index (χ1) is 12.3. The molecular formula is C22H36O3. The standard InChI is InChI=1S/C22H36O3/c1-3-4-5-6-7-8-9-10-11-12-13-14-17-25-21-16-15-20(19-23)18-22(21)24-2/h15-16,18-19H,3-14,17H2,1-2H3. The van der Waals surface area contributed by atoms with Gasteiger partial charge < -0.3 is 9.47 Å². The molecule has 0 spiro atoms. The number of carbonyl (C=O) groups is 1. The van der Waals surface area contributed by atoms with Crippen LogP contribution in [-0.2, 0) is 0 Å². The Bertz CT molecular complexity index is 457. The van der Waals surface area contributed by atoms with Crippen molar-refractivity contribution in [1.82, 2.24) is 0 Å². The molecule has 3 heteroatoms. The fourth-order valence-electron chi connectivity index (χ4n) is 3.00. The number of unbranched alkanes of at least 4 members (excludes halogenated alkanes) is 11. The normalized spacial score (nSPS) is 10.6. The zero-order valence-electron chi connectivity index (χ0n) is 16.2. The maximum absolute atomic E-state index is 10.8. The molecule has 0 N–H and O–H groups in total. The maximum atomic E-state index is 10.8. The molecule has 0 amide bonds. The van der Waals surface area contributed by atoms with E-state index in [9.17, 15) is 4.79 Å². The highest BCUT2D eigenvalue weighted by Crippen LogP contribution is 2.27. The van der Waals surface area contributed by atoms with E-state index >= 15 is 0 Å². The number of hydrogen-bond donors (Lipinski definition) is 0. The molecule has 25 heavy (non-hydrogen) atoms. The second-order valence-corrected chi connectivity index (χ2v) is 6.77. The minimum Gasteiger partial charge on any atom is -0.493 e. The number of benzene rings is 1. The van der Waals surface area contributed by atoms with E-state index in [2.05, 4.69) is 6.92 Å². The predicted octanol–water partition coefficient (Wildman–Crippen LogP) is 6.59. The summed E-state index contributed by atoms with van der Waals surface area (Å²) in [6, 6.07) is 5.28. The molecule has 0 unspecified atom stereocenters. The molecule has 1 aromatic rings. The van der Waals surface area contributed by atoms with Crippen molar-refractivity contribution in [3.63, 3.8) is 0 Å². The smallest absolute Gasteiger partial charge is 0.161 e. The minimum atomic E-state index is 0.606. The van der Waals surface area contributed by atoms with Crippen molar-refractivity contribution in [1.29, 1.82) is 0 Å². The molecule has 0 heterocycles. The highest BCUT2D eigenvalue weighted by molar-refractivity contribution is 5.76. The van der Waals surface area contributed by atoms with E-state index in [1.807, 2.05) is 6.07 Å². The van der Waals surface area contributed by atoms with Gasteiger partial charge in [0.1, 0.15) is 6.29 Å². The zero-order valence-corrected chi connectivity index (χ0v) is 16.2. The molecule has 0 atom stereocenters. The Kier molecular flexibility index (Phi) is 12.7. The van der Waals surface area contributed by atoms with Crippen LogP contribution in [0.4, 0.5) is 0 Å². The number of ether oxygens (including phenoxy) is 2. The number of hydrogen-bond acceptors (Lipinski definition) is 3. The van der Waals surface area contributed by atoms with Crippen molar-refractivity contribution >= 4 is 6.29 Å². The second kappa shape index (κ2) is 14.8. The van der Waals surface area contributed by atoms with Crippen molar-refractivity contribution in [2.75, 3.05) is 13.7 Å². The summed E-state index contributed by atoms with van der Waals surface area (Å²) in [5.41, 5.74) is 0.606. The van der Waals surface area contributed by atoms with Crippen LogP contribution < -0.4 is 9.47 Å². The van der Waals surface area contributed by atoms with E-state index in [-0.39, 0.29) is 0 Å². The van der Waals surface area contributed by atoms with Gasteiger partial charge in [-0.3, -0.25) is 4.79 Å². The molecule has 0 aliphatic carbocycles. The van der Waals surface area contributed by atoms with Gasteiger partial charge in [-0.15, -0.1) is 0 Å². The minimum absolute atomic E-state index is 0.606. The van der Waals surface area contributed by atoms with Crippen molar-refractivity contribution in [2.24, 2.45) is 0 Å². The Hall–Kier alpha value is -1.51. The van der Waals surface area contributed by atoms with Crippen molar-refractivity contribution in [2.45, 2.75) is 84.0 Å². The van der Waals surface area contributed by atoms with Gasteiger partial charge in [-0.2, -0.15) is 0 Å². The third kappa shape index (κ3) is 10.2. The summed E-state index contributed by atoms with van der Waals surface area (Å²) in [7, 11) is 1.60. The van der Waals surface area contributed by atoms with Crippen LogP contribution in [0.5, 0.6) is 11.5 Å². The predicted molar refractivity (Wildman–Crippen MR) is 105 cm³/mol. The molecule has 0 fully saturated rings. The van der Waals surface area contributed by atoms with Crippen molar-refractivity contribution in [3.8, 4) is 11.5 Å². The molecule has 0 bridgehead atoms. The molecule has 1 rings (SSSR count). The maximum Gasteiger partial charge on any atom is 0.161 e. The van der Waals surface area contributed by atoms with Gasteiger partial charge in [-0.25, -0.2) is 0 Å². The van der Waals surface area contributed by atoms with Crippen LogP contribution in [-0.4, -0.2) is 20.0 Å². The van der Waals surface area contributed by atoms with Crippen LogP contribution in [0.15, 0.2) is 18.2 Å². The molecule has 142 valence electrons. The topological polar surface area (TPSA) is 35.5 Å². The Balaban J connectivity index is 1.98. The average Bonchev–Trinajstić information content (AvgIpc) is 2.65. The monoisotopic (exact) mass is 348 g/mol. The summed E-state index contributed by atoms with van der Waals surface area (Å²) in [5, 5.41) is 0. The van der Waals surface area contributed by atoms with E-state index in [0.717, 1.165) is 18.5 Å². The number of aldehydes is 1. The Morgan fingerprint density at radius 2 is 1.36 bits per heavy atom. The van der Waals surface area contributed by atoms with Gasteiger partial charge in [0.15, 0.2) is 11.5 Å². The van der Waals surface area contributed by atoms with Gasteiger partial charge in [0.25, 0.3) is 0 Å². The molecule has 0 saturated carbocycles. The van der Waals surface area contributed by atoms with Crippen LogP contribution in [0.3, 0.4) is 0 Å². The zero-order chi connectivity index (χ0) is 18.2. The lowest BCUT2D eigenvalue weighted by Crippen LogP contribution is -2.00. The van der Waals surface area contributed by atoms with Crippen LogP contribution in [0, 0.1) is 0 Å². The van der Waals surface area contributed by atoms with E-state index < -0.39 is 0 Å². The second-order valence-electron chi connectivity index (χ2n) is 6.77. The number of rotatable bonds is 16. The summed E-state index contributed by atoms with van der Waals surface area (Å²) in [5.74, 6) is 1.35. The third-order valence-electron chi connectivity index (χ3n) is 4.58. The molecular weight excluding hydrogens is 312 g/mol. The van der Waals surface area contributed by atoms with Crippen LogP contribution in [0.2, 0.25) is 0 Å². The average molecular weight is 349 g/mol. The summed E-state index contributed by atoms with van der Waals surface area (Å²) in [4.78, 5) is 10.8. The van der Waals surface area contributed by atoms with Crippen LogP contribution in [0.1, 0.15) is 94.3 Å². The molecule has 1 aromatic carbocycles. The summed E-state index contributed by atoms with van der Waals surface area (Å²) < 4.78 is 11.0. The van der Waals surface area contributed by atoms with Gasteiger partial charge in [0, 0.05) is 5.56 Å². The van der Waals surface area contributed by atoms with Gasteiger partial charge in [-0.05, 0) is 24.6 Å². The SMILES string of the molecule is CCCCCCCCCCCCCCOc1ccc(C=O)cc1OC. The quantitative estimate of drug-likeness (QED) is 0.250. The van der Waals surface area contributed by atoms with Crippen molar-refractivity contribution in [3.05, 3.63) is 23.8 Å². The number of carbonyl (C=O) groups excluding carboxylic acids is 1. The highest BCUT2D eigenvalue weighted by atomic mass is 16.5. The third-order valence-corrected chi connectivity index (χ3v) is 4.58. The first-order valence-corrected chi connectivity index (χ1v) is 10.1. The molecule has 0 aliphatic rings. The van der Waals surface area contributed by atoms with E-state index in [1.54, 1.807) is 19.2 Å².